The number of rotatable bonds is 2. The van der Waals surface area contributed by atoms with Crippen molar-refractivity contribution in [2.24, 2.45) is 29.6 Å². The Kier molecular flexibility index (Phi) is 3.63. The summed E-state index contributed by atoms with van der Waals surface area (Å²) in [5.74, 6) is 2.10. The summed E-state index contributed by atoms with van der Waals surface area (Å²) in [6.07, 6.45) is 4.23. The van der Waals surface area contributed by atoms with Gasteiger partial charge in [-0.1, -0.05) is 23.7 Å². The molecule has 3 aliphatic rings. The fraction of sp³-hybridized carbons (Fsp3) is 0.588. The van der Waals surface area contributed by atoms with Crippen molar-refractivity contribution in [1.82, 2.24) is 0 Å². The van der Waals surface area contributed by atoms with Gasteiger partial charge in [0.1, 0.15) is 4.33 Å². The van der Waals surface area contributed by atoms with Crippen molar-refractivity contribution >= 4 is 46.4 Å². The van der Waals surface area contributed by atoms with Crippen molar-refractivity contribution in [2.75, 3.05) is 5.32 Å². The number of hydrogen-bond donors (Lipinski definition) is 1. The third kappa shape index (κ3) is 2.44. The van der Waals surface area contributed by atoms with Gasteiger partial charge in [0, 0.05) is 5.92 Å². The standard InChI is InChI=1S/C17H18Cl3NO/c18-13-3-1-2-4-14(13)21-16(22)15-9-5-7-11-12(17(11,19)20)8-6-10(9)15/h1-4,9-12,15H,5-8H2,(H,21,22)/t9-,10+,11-,12+,15?. The lowest BCUT2D eigenvalue weighted by Gasteiger charge is -2.07. The summed E-state index contributed by atoms with van der Waals surface area (Å²) in [7, 11) is 0. The van der Waals surface area contributed by atoms with E-state index in [1.54, 1.807) is 6.07 Å². The molecule has 1 amide bonds. The Morgan fingerprint density at radius 1 is 1.05 bits per heavy atom. The molecule has 1 N–H and O–H groups in total. The molecular formula is C17H18Cl3NO. The molecule has 1 aromatic rings. The number of alkyl halides is 2. The highest BCUT2D eigenvalue weighted by Crippen LogP contribution is 2.67. The summed E-state index contributed by atoms with van der Waals surface area (Å²) in [6, 6.07) is 7.38. The zero-order valence-corrected chi connectivity index (χ0v) is 14.3. The lowest BCUT2D eigenvalue weighted by molar-refractivity contribution is -0.117. The van der Waals surface area contributed by atoms with Gasteiger partial charge in [0.25, 0.3) is 0 Å². The number of anilines is 1. The number of para-hydroxylation sites is 1. The number of hydrogen-bond acceptors (Lipinski definition) is 1. The van der Waals surface area contributed by atoms with E-state index < -0.39 is 4.33 Å². The third-order valence-corrected chi connectivity index (χ3v) is 7.20. The SMILES string of the molecule is O=C(Nc1ccccc1Cl)C1[C@H]2CC[C@H]3[C@@H](CC[C@@H]12)C3(Cl)Cl. The molecule has 0 saturated heterocycles. The molecule has 0 heterocycles. The van der Waals surface area contributed by atoms with E-state index in [1.807, 2.05) is 18.2 Å². The molecule has 22 heavy (non-hydrogen) atoms. The number of nitrogens with one attached hydrogen (secondary N) is 1. The molecular weight excluding hydrogens is 341 g/mol. The molecule has 3 fully saturated rings. The van der Waals surface area contributed by atoms with Crippen LogP contribution in [-0.4, -0.2) is 10.2 Å². The monoisotopic (exact) mass is 357 g/mol. The molecule has 4 rings (SSSR count). The first-order valence-electron chi connectivity index (χ1n) is 7.93. The molecule has 0 spiro atoms. The van der Waals surface area contributed by atoms with Gasteiger partial charge < -0.3 is 5.32 Å². The molecule has 0 radical (unpaired) electrons. The summed E-state index contributed by atoms with van der Waals surface area (Å²) in [5, 5.41) is 3.57. The van der Waals surface area contributed by atoms with Gasteiger partial charge in [-0.05, 0) is 61.5 Å². The van der Waals surface area contributed by atoms with E-state index in [0.717, 1.165) is 25.7 Å². The Labute approximate surface area is 145 Å². The van der Waals surface area contributed by atoms with Crippen molar-refractivity contribution in [3.05, 3.63) is 29.3 Å². The van der Waals surface area contributed by atoms with E-state index in [2.05, 4.69) is 5.32 Å². The Morgan fingerprint density at radius 2 is 1.64 bits per heavy atom. The van der Waals surface area contributed by atoms with Crippen LogP contribution >= 0.6 is 34.8 Å². The fourth-order valence-corrected chi connectivity index (χ4v) is 5.49. The normalized spacial score (nSPS) is 38.0. The molecule has 0 bridgehead atoms. The smallest absolute Gasteiger partial charge is 0.228 e. The van der Waals surface area contributed by atoms with Crippen LogP contribution in [0, 0.1) is 29.6 Å². The van der Waals surface area contributed by atoms with E-state index in [1.165, 1.54) is 0 Å². The van der Waals surface area contributed by atoms with Crippen LogP contribution in [0.25, 0.3) is 0 Å². The molecule has 1 unspecified atom stereocenters. The fourth-order valence-electron chi connectivity index (χ4n) is 4.39. The minimum absolute atomic E-state index is 0.113. The highest BCUT2D eigenvalue weighted by atomic mass is 35.5. The van der Waals surface area contributed by atoms with E-state index in [-0.39, 0.29) is 11.8 Å². The number of carbonyl (C=O) groups excluding carboxylic acids is 1. The molecule has 5 heteroatoms. The van der Waals surface area contributed by atoms with Gasteiger partial charge in [-0.3, -0.25) is 4.79 Å². The van der Waals surface area contributed by atoms with Crippen LogP contribution in [0.5, 0.6) is 0 Å². The molecule has 3 saturated carbocycles. The summed E-state index contributed by atoms with van der Waals surface area (Å²) < 4.78 is -0.494. The van der Waals surface area contributed by atoms with Crippen LogP contribution in [0.3, 0.4) is 0 Å². The first-order chi connectivity index (χ1) is 10.5. The van der Waals surface area contributed by atoms with Crippen LogP contribution in [0.4, 0.5) is 5.69 Å². The Balaban J connectivity index is 1.40. The number of fused-ring (bicyclic) bond motifs is 2. The largest absolute Gasteiger partial charge is 0.325 e. The van der Waals surface area contributed by atoms with Gasteiger partial charge in [-0.2, -0.15) is 0 Å². The summed E-state index contributed by atoms with van der Waals surface area (Å²) in [6.45, 7) is 0. The molecule has 1 aromatic carbocycles. The molecule has 0 aliphatic heterocycles. The molecule has 2 nitrogen and oxygen atoms in total. The van der Waals surface area contributed by atoms with Gasteiger partial charge in [0.2, 0.25) is 5.91 Å². The van der Waals surface area contributed by atoms with E-state index in [0.29, 0.717) is 34.4 Å². The number of halogens is 3. The maximum Gasteiger partial charge on any atom is 0.228 e. The molecule has 0 aromatic heterocycles. The van der Waals surface area contributed by atoms with Crippen LogP contribution in [0.1, 0.15) is 25.7 Å². The van der Waals surface area contributed by atoms with Crippen molar-refractivity contribution in [3.63, 3.8) is 0 Å². The van der Waals surface area contributed by atoms with Gasteiger partial charge in [0.05, 0.1) is 10.7 Å². The van der Waals surface area contributed by atoms with Crippen LogP contribution in [-0.2, 0) is 4.79 Å². The predicted octanol–water partition coefficient (Wildman–Crippen LogP) is 5.13. The van der Waals surface area contributed by atoms with Crippen LogP contribution in [0.2, 0.25) is 5.02 Å². The first-order valence-corrected chi connectivity index (χ1v) is 9.06. The van der Waals surface area contributed by atoms with Crippen molar-refractivity contribution in [2.45, 2.75) is 30.0 Å². The Morgan fingerprint density at radius 3 is 2.23 bits per heavy atom. The highest BCUT2D eigenvalue weighted by molar-refractivity contribution is 6.51. The highest BCUT2D eigenvalue weighted by Gasteiger charge is 2.65. The van der Waals surface area contributed by atoms with Gasteiger partial charge >= 0.3 is 0 Å². The van der Waals surface area contributed by atoms with Gasteiger partial charge in [0.15, 0.2) is 0 Å². The first kappa shape index (κ1) is 15.1. The van der Waals surface area contributed by atoms with Gasteiger partial charge in [-0.15, -0.1) is 23.2 Å². The van der Waals surface area contributed by atoms with E-state index in [4.69, 9.17) is 34.8 Å². The predicted molar refractivity (Wildman–Crippen MR) is 90.4 cm³/mol. The maximum absolute atomic E-state index is 12.5. The van der Waals surface area contributed by atoms with Crippen LogP contribution < -0.4 is 5.32 Å². The quantitative estimate of drug-likeness (QED) is 0.729. The van der Waals surface area contributed by atoms with Crippen molar-refractivity contribution < 1.29 is 4.79 Å². The molecule has 118 valence electrons. The van der Waals surface area contributed by atoms with E-state index in [9.17, 15) is 4.79 Å². The minimum Gasteiger partial charge on any atom is -0.325 e. The van der Waals surface area contributed by atoms with Gasteiger partial charge in [-0.25, -0.2) is 0 Å². The summed E-state index contributed by atoms with van der Waals surface area (Å²) in [5.41, 5.74) is 0.705. The third-order valence-electron chi connectivity index (χ3n) is 5.75. The number of amides is 1. The lowest BCUT2D eigenvalue weighted by atomic mass is 10.0. The second-order valence-corrected chi connectivity index (χ2v) is 8.72. The maximum atomic E-state index is 12.5. The zero-order chi connectivity index (χ0) is 15.5. The van der Waals surface area contributed by atoms with Crippen molar-refractivity contribution in [3.8, 4) is 0 Å². The summed E-state index contributed by atoms with van der Waals surface area (Å²) >= 11 is 18.7. The number of carbonyl (C=O) groups is 1. The zero-order valence-electron chi connectivity index (χ0n) is 12.1. The Bertz CT molecular complexity index is 596. The Hall–Kier alpha value is -0.440. The van der Waals surface area contributed by atoms with Crippen molar-refractivity contribution in [1.29, 1.82) is 0 Å². The number of benzene rings is 1. The molecule has 5 atom stereocenters. The minimum atomic E-state index is -0.494. The molecule has 3 aliphatic carbocycles. The average Bonchev–Trinajstić information content (AvgIpc) is 3.26. The average molecular weight is 359 g/mol. The second-order valence-electron chi connectivity index (χ2n) is 6.86. The van der Waals surface area contributed by atoms with E-state index >= 15 is 0 Å². The second kappa shape index (κ2) is 5.29. The summed E-state index contributed by atoms with van der Waals surface area (Å²) in [4.78, 5) is 12.5. The van der Waals surface area contributed by atoms with Crippen LogP contribution in [0.15, 0.2) is 24.3 Å². The topological polar surface area (TPSA) is 29.1 Å². The lowest BCUT2D eigenvalue weighted by Crippen LogP contribution is -2.16.